The Balaban J connectivity index is 1.79. The van der Waals surface area contributed by atoms with Crippen molar-refractivity contribution < 1.29 is 9.90 Å². The maximum Gasteiger partial charge on any atom is 0.252 e. The number of hydrogen-bond acceptors (Lipinski definition) is 4. The maximum absolute atomic E-state index is 12.0. The number of rotatable bonds is 7. The van der Waals surface area contributed by atoms with Gasteiger partial charge in [0.05, 0.1) is 23.0 Å². The van der Waals surface area contributed by atoms with Crippen LogP contribution in [0.5, 0.6) is 0 Å². The molecule has 1 fully saturated rings. The zero-order valence-corrected chi connectivity index (χ0v) is 16.2. The predicted molar refractivity (Wildman–Crippen MR) is 110 cm³/mol. The Hall–Kier alpha value is -2.86. The Morgan fingerprint density at radius 3 is 2.79 bits per heavy atom. The Bertz CT molecular complexity index is 1020. The van der Waals surface area contributed by atoms with Gasteiger partial charge >= 0.3 is 0 Å². The number of amides is 1. The summed E-state index contributed by atoms with van der Waals surface area (Å²) in [6.07, 6.45) is 5.91. The van der Waals surface area contributed by atoms with Crippen LogP contribution in [-0.4, -0.2) is 33.3 Å². The van der Waals surface area contributed by atoms with Crippen LogP contribution in [0.25, 0.3) is 16.6 Å². The van der Waals surface area contributed by atoms with Gasteiger partial charge in [-0.05, 0) is 42.9 Å². The van der Waals surface area contributed by atoms with E-state index in [4.69, 9.17) is 5.73 Å². The lowest BCUT2D eigenvalue weighted by molar-refractivity contribution is 0.100. The van der Waals surface area contributed by atoms with E-state index < -0.39 is 5.91 Å². The van der Waals surface area contributed by atoms with E-state index in [2.05, 4.69) is 23.4 Å². The zero-order valence-electron chi connectivity index (χ0n) is 16.2. The van der Waals surface area contributed by atoms with Crippen molar-refractivity contribution in [3.05, 3.63) is 53.9 Å². The number of carbonyl (C=O) groups excluding carboxylic acids is 1. The van der Waals surface area contributed by atoms with Gasteiger partial charge in [0.15, 0.2) is 0 Å². The number of nitrogens with two attached hydrogens (primary N) is 1. The van der Waals surface area contributed by atoms with E-state index in [9.17, 15) is 9.90 Å². The van der Waals surface area contributed by atoms with Crippen LogP contribution >= 0.6 is 0 Å². The van der Waals surface area contributed by atoms with E-state index in [1.165, 1.54) is 19.0 Å². The van der Waals surface area contributed by atoms with Gasteiger partial charge in [0.2, 0.25) is 0 Å². The van der Waals surface area contributed by atoms with Gasteiger partial charge in [0, 0.05) is 30.3 Å². The molecular formula is C22H26N4O2. The van der Waals surface area contributed by atoms with Gasteiger partial charge in [0.25, 0.3) is 5.91 Å². The zero-order chi connectivity index (χ0) is 19.8. The summed E-state index contributed by atoms with van der Waals surface area (Å²) in [7, 11) is 0. The van der Waals surface area contributed by atoms with Crippen LogP contribution in [0.3, 0.4) is 0 Å². The average Bonchev–Trinajstić information content (AvgIpc) is 3.46. The van der Waals surface area contributed by atoms with Crippen molar-refractivity contribution in [3.8, 4) is 11.1 Å². The van der Waals surface area contributed by atoms with Gasteiger partial charge in [-0.3, -0.25) is 4.79 Å². The van der Waals surface area contributed by atoms with Crippen LogP contribution in [-0.2, 0) is 0 Å². The first kappa shape index (κ1) is 18.5. The molecule has 0 aliphatic heterocycles. The third-order valence-corrected chi connectivity index (χ3v) is 5.67. The number of benzene rings is 1. The molecule has 2 heterocycles. The van der Waals surface area contributed by atoms with Crippen molar-refractivity contribution in [2.45, 2.75) is 38.6 Å². The maximum atomic E-state index is 12.0. The molecule has 1 unspecified atom stereocenters. The summed E-state index contributed by atoms with van der Waals surface area (Å²) in [5, 5.41) is 17.3. The first-order valence-electron chi connectivity index (χ1n) is 9.77. The highest BCUT2D eigenvalue weighted by Crippen LogP contribution is 2.36. The molecule has 1 aromatic carbocycles. The van der Waals surface area contributed by atoms with Gasteiger partial charge in [-0.2, -0.15) is 5.10 Å². The molecular weight excluding hydrogens is 352 g/mol. The van der Waals surface area contributed by atoms with Crippen molar-refractivity contribution in [1.82, 2.24) is 9.61 Å². The van der Waals surface area contributed by atoms with Crippen molar-refractivity contribution in [3.63, 3.8) is 0 Å². The fraction of sp³-hybridized carbons (Fsp3) is 0.364. The Morgan fingerprint density at radius 2 is 2.11 bits per heavy atom. The molecule has 0 saturated heterocycles. The summed E-state index contributed by atoms with van der Waals surface area (Å²) in [6.45, 7) is 4.25. The second kappa shape index (κ2) is 7.28. The fourth-order valence-corrected chi connectivity index (χ4v) is 3.62. The molecule has 0 bridgehead atoms. The number of aliphatic hydroxyl groups excluding tert-OH is 1. The minimum Gasteiger partial charge on any atom is -0.396 e. The lowest BCUT2D eigenvalue weighted by Gasteiger charge is -2.17. The lowest BCUT2D eigenvalue weighted by atomic mass is 9.98. The number of nitrogens with one attached hydrogen (secondary N) is 1. The molecule has 0 spiro atoms. The van der Waals surface area contributed by atoms with Crippen LogP contribution in [0.2, 0.25) is 0 Å². The predicted octanol–water partition coefficient (Wildman–Crippen LogP) is 3.41. The van der Waals surface area contributed by atoms with Gasteiger partial charge in [-0.1, -0.05) is 31.2 Å². The second-order valence-electron chi connectivity index (χ2n) is 7.84. The van der Waals surface area contributed by atoms with Crippen LogP contribution in [0, 0.1) is 5.92 Å². The number of hydrogen-bond donors (Lipinski definition) is 3. The average molecular weight is 378 g/mol. The molecule has 6 heteroatoms. The third kappa shape index (κ3) is 3.47. The summed E-state index contributed by atoms with van der Waals surface area (Å²) in [5.74, 6) is 0.232. The summed E-state index contributed by atoms with van der Waals surface area (Å²) < 4.78 is 1.78. The number of nitrogens with zero attached hydrogens (tertiary/aromatic N) is 2. The lowest BCUT2D eigenvalue weighted by Crippen LogP contribution is -2.22. The second-order valence-corrected chi connectivity index (χ2v) is 7.84. The smallest absolute Gasteiger partial charge is 0.252 e. The molecule has 1 saturated carbocycles. The molecule has 28 heavy (non-hydrogen) atoms. The van der Waals surface area contributed by atoms with E-state index in [0.717, 1.165) is 27.9 Å². The Morgan fingerprint density at radius 1 is 1.32 bits per heavy atom. The first-order valence-corrected chi connectivity index (χ1v) is 9.77. The molecule has 0 radical (unpaired) electrons. The Kier molecular flexibility index (Phi) is 4.81. The first-order chi connectivity index (χ1) is 13.5. The minimum atomic E-state index is -0.484. The van der Waals surface area contributed by atoms with Crippen molar-refractivity contribution in [2.24, 2.45) is 11.7 Å². The largest absolute Gasteiger partial charge is 0.396 e. The number of primary amides is 1. The van der Waals surface area contributed by atoms with E-state index >= 15 is 0 Å². The fourth-order valence-electron chi connectivity index (χ4n) is 3.62. The summed E-state index contributed by atoms with van der Waals surface area (Å²) in [6, 6.07) is 10.5. The van der Waals surface area contributed by atoms with Crippen LogP contribution < -0.4 is 11.1 Å². The normalized spacial score (nSPS) is 16.1. The molecule has 3 aromatic rings. The van der Waals surface area contributed by atoms with Gasteiger partial charge in [-0.15, -0.1) is 0 Å². The summed E-state index contributed by atoms with van der Waals surface area (Å²) in [5.41, 5.74) is 10.7. The quantitative estimate of drug-likeness (QED) is 0.587. The van der Waals surface area contributed by atoms with Gasteiger partial charge < -0.3 is 16.2 Å². The minimum absolute atomic E-state index is 0.0770. The number of fused-ring (bicyclic) bond motifs is 1. The van der Waals surface area contributed by atoms with Crippen molar-refractivity contribution in [2.75, 3.05) is 11.9 Å². The number of aromatic nitrogens is 2. The van der Waals surface area contributed by atoms with E-state index in [-0.39, 0.29) is 18.6 Å². The topological polar surface area (TPSA) is 92.6 Å². The molecule has 6 nitrogen and oxygen atoms in total. The highest BCUT2D eigenvalue weighted by atomic mass is 16.3. The molecule has 146 valence electrons. The van der Waals surface area contributed by atoms with Gasteiger partial charge in [0.1, 0.15) is 0 Å². The standard InChI is InChI=1S/C22H26N4O2/c1-13(12-27)16-4-3-5-17(8-16)18-9-20-21(25-14(2)15-6-7-15)19(22(23)28)10-24-26(20)11-18/h3-5,8-11,13-15,25,27H,6-7,12H2,1-2H3,(H2,23,28)/t13?,14-/m1/s1. The van der Waals surface area contributed by atoms with E-state index in [0.29, 0.717) is 11.5 Å². The molecule has 2 aromatic heterocycles. The number of carbonyl (C=O) groups is 1. The highest BCUT2D eigenvalue weighted by Gasteiger charge is 2.29. The van der Waals surface area contributed by atoms with Crippen molar-refractivity contribution >= 4 is 17.1 Å². The number of aliphatic hydroxyl groups is 1. The van der Waals surface area contributed by atoms with Crippen LogP contribution in [0.4, 0.5) is 5.69 Å². The third-order valence-electron chi connectivity index (χ3n) is 5.67. The molecule has 2 atom stereocenters. The van der Waals surface area contributed by atoms with Gasteiger partial charge in [-0.25, -0.2) is 4.52 Å². The summed E-state index contributed by atoms with van der Waals surface area (Å²) >= 11 is 0. The molecule has 4 rings (SSSR count). The summed E-state index contributed by atoms with van der Waals surface area (Å²) in [4.78, 5) is 12.0. The Labute approximate surface area is 164 Å². The monoisotopic (exact) mass is 378 g/mol. The molecule has 1 amide bonds. The van der Waals surface area contributed by atoms with E-state index in [1.54, 1.807) is 4.52 Å². The highest BCUT2D eigenvalue weighted by molar-refractivity contribution is 6.02. The molecule has 1 aliphatic carbocycles. The van der Waals surface area contributed by atoms with Crippen LogP contribution in [0.15, 0.2) is 42.7 Å². The molecule has 1 aliphatic rings. The molecule has 4 N–H and O–H groups in total. The van der Waals surface area contributed by atoms with Crippen LogP contribution in [0.1, 0.15) is 48.5 Å². The SMILES string of the molecule is CC(CO)c1cccc(-c2cc3c(N[C@H](C)C4CC4)c(C(N)=O)cnn3c2)c1. The number of anilines is 1. The van der Waals surface area contributed by atoms with Crippen molar-refractivity contribution in [1.29, 1.82) is 0 Å². The van der Waals surface area contributed by atoms with E-state index in [1.807, 2.05) is 37.4 Å².